The Balaban J connectivity index is 1.69. The number of halogens is 2. The fraction of sp³-hybridized carbons (Fsp3) is 0.0526. The average Bonchev–Trinajstić information content (AvgIpc) is 2.66. The summed E-state index contributed by atoms with van der Waals surface area (Å²) >= 11 is 12.3. The van der Waals surface area contributed by atoms with Gasteiger partial charge in [-0.2, -0.15) is 0 Å². The number of hydrogen-bond donors (Lipinski definition) is 2. The number of nitrogens with one attached hydrogen (secondary N) is 2. The van der Waals surface area contributed by atoms with Gasteiger partial charge in [-0.15, -0.1) is 0 Å². The molecule has 7 heteroatoms. The summed E-state index contributed by atoms with van der Waals surface area (Å²) in [6, 6.07) is 15.6. The quantitative estimate of drug-likeness (QED) is 0.615. The molecule has 0 saturated carbocycles. The summed E-state index contributed by atoms with van der Waals surface area (Å²) in [7, 11) is 1.59. The van der Waals surface area contributed by atoms with E-state index >= 15 is 0 Å². The molecule has 2 N–H and O–H groups in total. The summed E-state index contributed by atoms with van der Waals surface area (Å²) in [4.78, 5) is 16.5. The van der Waals surface area contributed by atoms with Gasteiger partial charge >= 0.3 is 0 Å². The highest BCUT2D eigenvalue weighted by Gasteiger charge is 2.09. The minimum absolute atomic E-state index is 0.289. The van der Waals surface area contributed by atoms with E-state index in [1.165, 1.54) is 0 Å². The summed E-state index contributed by atoms with van der Waals surface area (Å²) < 4.78 is 5.09. The fourth-order valence-corrected chi connectivity index (χ4v) is 2.73. The van der Waals surface area contributed by atoms with E-state index in [0.717, 1.165) is 5.75 Å². The molecule has 0 aliphatic heterocycles. The second kappa shape index (κ2) is 8.08. The highest BCUT2D eigenvalue weighted by Crippen LogP contribution is 2.32. The highest BCUT2D eigenvalue weighted by atomic mass is 35.5. The van der Waals surface area contributed by atoms with Crippen LogP contribution in [0.1, 0.15) is 10.5 Å². The highest BCUT2D eigenvalue weighted by molar-refractivity contribution is 6.39. The maximum atomic E-state index is 12.3. The Morgan fingerprint density at radius 2 is 1.62 bits per heavy atom. The normalized spacial score (nSPS) is 10.3. The summed E-state index contributed by atoms with van der Waals surface area (Å²) in [5.74, 6) is 0.410. The zero-order valence-corrected chi connectivity index (χ0v) is 15.3. The number of carbonyl (C=O) groups excluding carboxylic acids is 1. The van der Waals surface area contributed by atoms with Crippen LogP contribution in [0.25, 0.3) is 0 Å². The first-order valence-corrected chi connectivity index (χ1v) is 8.45. The first kappa shape index (κ1) is 18.0. The molecule has 0 radical (unpaired) electrons. The van der Waals surface area contributed by atoms with Crippen LogP contribution in [0.3, 0.4) is 0 Å². The lowest BCUT2D eigenvalue weighted by Crippen LogP contribution is -2.13. The molecule has 3 rings (SSSR count). The maximum absolute atomic E-state index is 12.3. The molecule has 1 aromatic heterocycles. The van der Waals surface area contributed by atoms with E-state index in [1.807, 2.05) is 0 Å². The Labute approximate surface area is 160 Å². The Hall–Kier alpha value is -2.76. The van der Waals surface area contributed by atoms with E-state index in [2.05, 4.69) is 15.6 Å². The molecular formula is C19H15Cl2N3O2. The monoisotopic (exact) mass is 387 g/mol. The molecule has 0 fully saturated rings. The zero-order valence-electron chi connectivity index (χ0n) is 13.8. The average molecular weight is 388 g/mol. The predicted octanol–water partition coefficient (Wildman–Crippen LogP) is 5.39. The van der Waals surface area contributed by atoms with E-state index < -0.39 is 0 Å². The SMILES string of the molecule is COc1ccc(NC(=O)c2ccc(Nc3c(Cl)cccc3Cl)cn2)cc1. The van der Waals surface area contributed by atoms with Crippen LogP contribution in [0.4, 0.5) is 17.1 Å². The van der Waals surface area contributed by atoms with Gasteiger partial charge in [-0.1, -0.05) is 29.3 Å². The van der Waals surface area contributed by atoms with Gasteiger partial charge in [-0.3, -0.25) is 4.79 Å². The van der Waals surface area contributed by atoms with E-state index in [9.17, 15) is 4.79 Å². The first-order chi connectivity index (χ1) is 12.6. The van der Waals surface area contributed by atoms with E-state index in [-0.39, 0.29) is 11.6 Å². The van der Waals surface area contributed by atoms with Crippen LogP contribution in [-0.2, 0) is 0 Å². The molecule has 132 valence electrons. The molecule has 0 aliphatic rings. The number of benzene rings is 2. The molecule has 0 spiro atoms. The number of methoxy groups -OCH3 is 1. The smallest absolute Gasteiger partial charge is 0.274 e. The molecule has 2 aromatic carbocycles. The van der Waals surface area contributed by atoms with Crippen LogP contribution in [0.2, 0.25) is 10.0 Å². The number of carbonyl (C=O) groups is 1. The van der Waals surface area contributed by atoms with Gasteiger partial charge in [0.2, 0.25) is 0 Å². The fourth-order valence-electron chi connectivity index (χ4n) is 2.23. The zero-order chi connectivity index (χ0) is 18.5. The van der Waals surface area contributed by atoms with Crippen LogP contribution < -0.4 is 15.4 Å². The van der Waals surface area contributed by atoms with Crippen molar-refractivity contribution in [3.8, 4) is 5.75 Å². The maximum Gasteiger partial charge on any atom is 0.274 e. The van der Waals surface area contributed by atoms with Crippen LogP contribution in [-0.4, -0.2) is 18.0 Å². The number of rotatable bonds is 5. The second-order valence-electron chi connectivity index (χ2n) is 5.34. The molecule has 1 amide bonds. The van der Waals surface area contributed by atoms with Gasteiger partial charge in [0.1, 0.15) is 11.4 Å². The lowest BCUT2D eigenvalue weighted by atomic mass is 10.2. The lowest BCUT2D eigenvalue weighted by Gasteiger charge is -2.10. The number of nitrogens with zero attached hydrogens (tertiary/aromatic N) is 1. The number of pyridine rings is 1. The van der Waals surface area contributed by atoms with Crippen molar-refractivity contribution in [2.75, 3.05) is 17.7 Å². The van der Waals surface area contributed by atoms with Crippen molar-refractivity contribution in [1.29, 1.82) is 0 Å². The number of ether oxygens (including phenoxy) is 1. The lowest BCUT2D eigenvalue weighted by molar-refractivity contribution is 0.102. The molecule has 3 aromatic rings. The summed E-state index contributed by atoms with van der Waals surface area (Å²) in [5.41, 5.74) is 2.20. The van der Waals surface area contributed by atoms with Crippen molar-refractivity contribution < 1.29 is 9.53 Å². The van der Waals surface area contributed by atoms with E-state index in [0.29, 0.717) is 27.1 Å². The van der Waals surface area contributed by atoms with Gasteiger partial charge in [-0.25, -0.2) is 4.98 Å². The van der Waals surface area contributed by atoms with Gasteiger partial charge in [-0.05, 0) is 48.5 Å². The second-order valence-corrected chi connectivity index (χ2v) is 6.15. The predicted molar refractivity (Wildman–Crippen MR) is 105 cm³/mol. The third-order valence-electron chi connectivity index (χ3n) is 3.58. The van der Waals surface area contributed by atoms with Crippen molar-refractivity contribution in [3.63, 3.8) is 0 Å². The van der Waals surface area contributed by atoms with E-state index in [1.54, 1.807) is 67.9 Å². The number of hydrogen-bond acceptors (Lipinski definition) is 4. The number of aromatic nitrogens is 1. The standard InChI is InChI=1S/C19H15Cl2N3O2/c1-26-14-8-5-12(6-9-14)24-19(25)17-10-7-13(11-22-17)23-18-15(20)3-2-4-16(18)21/h2-11,23H,1H3,(H,24,25). The minimum atomic E-state index is -0.308. The third kappa shape index (κ3) is 4.25. The number of anilines is 3. The van der Waals surface area contributed by atoms with Crippen molar-refractivity contribution in [3.05, 3.63) is 76.5 Å². The Kier molecular flexibility index (Phi) is 5.61. The van der Waals surface area contributed by atoms with Crippen LogP contribution in [0.5, 0.6) is 5.75 Å². The first-order valence-electron chi connectivity index (χ1n) is 7.69. The molecule has 1 heterocycles. The van der Waals surface area contributed by atoms with Gasteiger partial charge in [0.05, 0.1) is 34.7 Å². The minimum Gasteiger partial charge on any atom is -0.497 e. The number of amides is 1. The van der Waals surface area contributed by atoms with Crippen molar-refractivity contribution >= 4 is 46.2 Å². The van der Waals surface area contributed by atoms with Crippen LogP contribution >= 0.6 is 23.2 Å². The summed E-state index contributed by atoms with van der Waals surface area (Å²) in [6.45, 7) is 0. The molecule has 26 heavy (non-hydrogen) atoms. The van der Waals surface area contributed by atoms with Crippen molar-refractivity contribution in [1.82, 2.24) is 4.98 Å². The molecule has 0 aliphatic carbocycles. The largest absolute Gasteiger partial charge is 0.497 e. The van der Waals surface area contributed by atoms with Gasteiger partial charge in [0.25, 0.3) is 5.91 Å². The molecule has 0 atom stereocenters. The molecule has 5 nitrogen and oxygen atoms in total. The Bertz CT molecular complexity index is 893. The Morgan fingerprint density at radius 1 is 0.962 bits per heavy atom. The molecular weight excluding hydrogens is 373 g/mol. The summed E-state index contributed by atoms with van der Waals surface area (Å²) in [6.07, 6.45) is 1.54. The van der Waals surface area contributed by atoms with Crippen LogP contribution in [0, 0.1) is 0 Å². The van der Waals surface area contributed by atoms with E-state index in [4.69, 9.17) is 27.9 Å². The third-order valence-corrected chi connectivity index (χ3v) is 4.21. The van der Waals surface area contributed by atoms with Gasteiger partial charge < -0.3 is 15.4 Å². The molecule has 0 saturated heterocycles. The molecule has 0 bridgehead atoms. The van der Waals surface area contributed by atoms with Crippen molar-refractivity contribution in [2.24, 2.45) is 0 Å². The van der Waals surface area contributed by atoms with Gasteiger partial charge in [0, 0.05) is 5.69 Å². The Morgan fingerprint density at radius 3 is 2.19 bits per heavy atom. The van der Waals surface area contributed by atoms with Crippen molar-refractivity contribution in [2.45, 2.75) is 0 Å². The topological polar surface area (TPSA) is 63.2 Å². The van der Waals surface area contributed by atoms with Gasteiger partial charge in [0.15, 0.2) is 0 Å². The molecule has 0 unspecified atom stereocenters. The number of para-hydroxylation sites is 1. The van der Waals surface area contributed by atoms with Crippen LogP contribution in [0.15, 0.2) is 60.8 Å². The summed E-state index contributed by atoms with van der Waals surface area (Å²) in [5, 5.41) is 6.87.